The first-order valence-electron chi connectivity index (χ1n) is 9.08. The summed E-state index contributed by atoms with van der Waals surface area (Å²) in [6.45, 7) is 0. The summed E-state index contributed by atoms with van der Waals surface area (Å²) < 4.78 is 39.5. The number of alkyl halides is 3. The fourth-order valence-electron chi connectivity index (χ4n) is 3.13. The normalized spacial score (nSPS) is 11.8. The van der Waals surface area contributed by atoms with Crippen LogP contribution in [0.2, 0.25) is 0 Å². The van der Waals surface area contributed by atoms with Gasteiger partial charge in [-0.15, -0.1) is 0 Å². The third-order valence-electron chi connectivity index (χ3n) is 4.59. The standard InChI is InChI=1S/C23H16F3N3O/c24-23(25,26)18-6-3-15(20(12-18)17-2-1-10-27-14-17)5-8-22(30)29-19-7-4-16-9-11-28-21(16)13-19/h1-14,28H,(H,29,30)/b8-5+. The van der Waals surface area contributed by atoms with Crippen LogP contribution >= 0.6 is 0 Å². The monoisotopic (exact) mass is 407 g/mol. The van der Waals surface area contributed by atoms with E-state index < -0.39 is 17.6 Å². The van der Waals surface area contributed by atoms with Gasteiger partial charge in [-0.25, -0.2) is 0 Å². The first kappa shape index (κ1) is 19.4. The molecule has 0 aliphatic rings. The second kappa shape index (κ2) is 7.87. The van der Waals surface area contributed by atoms with E-state index in [0.29, 0.717) is 22.4 Å². The maximum atomic E-state index is 13.2. The molecule has 4 nitrogen and oxygen atoms in total. The molecule has 2 aromatic heterocycles. The molecule has 7 heteroatoms. The van der Waals surface area contributed by atoms with Crippen LogP contribution in [-0.2, 0) is 11.0 Å². The molecule has 0 radical (unpaired) electrons. The molecule has 0 saturated heterocycles. The molecule has 4 aromatic rings. The van der Waals surface area contributed by atoms with Crippen LogP contribution in [0.3, 0.4) is 0 Å². The van der Waals surface area contributed by atoms with Crippen LogP contribution in [0.1, 0.15) is 11.1 Å². The van der Waals surface area contributed by atoms with Crippen molar-refractivity contribution in [2.75, 3.05) is 5.32 Å². The van der Waals surface area contributed by atoms with Gasteiger partial charge >= 0.3 is 6.18 Å². The number of pyridine rings is 1. The Bertz CT molecular complexity index is 1230. The van der Waals surface area contributed by atoms with Crippen molar-refractivity contribution in [2.24, 2.45) is 0 Å². The maximum absolute atomic E-state index is 13.2. The smallest absolute Gasteiger partial charge is 0.361 e. The zero-order chi connectivity index (χ0) is 21.1. The number of carbonyl (C=O) groups excluding carboxylic acids is 1. The number of hydrogen-bond acceptors (Lipinski definition) is 2. The van der Waals surface area contributed by atoms with E-state index in [0.717, 1.165) is 23.0 Å². The zero-order valence-corrected chi connectivity index (χ0v) is 15.6. The molecule has 0 aliphatic heterocycles. The molecule has 30 heavy (non-hydrogen) atoms. The van der Waals surface area contributed by atoms with E-state index in [2.05, 4.69) is 15.3 Å². The summed E-state index contributed by atoms with van der Waals surface area (Å²) in [5, 5.41) is 3.77. The minimum absolute atomic E-state index is 0.342. The first-order chi connectivity index (χ1) is 14.4. The van der Waals surface area contributed by atoms with Gasteiger partial charge in [0.1, 0.15) is 0 Å². The largest absolute Gasteiger partial charge is 0.416 e. The van der Waals surface area contributed by atoms with Gasteiger partial charge < -0.3 is 10.3 Å². The number of amides is 1. The molecule has 0 atom stereocenters. The Morgan fingerprint density at radius 2 is 1.93 bits per heavy atom. The lowest BCUT2D eigenvalue weighted by Gasteiger charge is -2.12. The predicted octanol–water partition coefficient (Wildman–Crippen LogP) is 5.90. The quantitative estimate of drug-likeness (QED) is 0.414. The number of rotatable bonds is 4. The van der Waals surface area contributed by atoms with Crippen molar-refractivity contribution in [3.05, 3.63) is 90.4 Å². The number of aromatic amines is 1. The number of H-pyrrole nitrogens is 1. The molecule has 0 aliphatic carbocycles. The second-order valence-electron chi connectivity index (χ2n) is 6.64. The minimum atomic E-state index is -4.47. The van der Waals surface area contributed by atoms with E-state index in [9.17, 15) is 18.0 Å². The molecule has 0 bridgehead atoms. The van der Waals surface area contributed by atoms with E-state index in [-0.39, 0.29) is 0 Å². The summed E-state index contributed by atoms with van der Waals surface area (Å²) >= 11 is 0. The predicted molar refractivity (Wildman–Crippen MR) is 111 cm³/mol. The summed E-state index contributed by atoms with van der Waals surface area (Å²) in [4.78, 5) is 19.4. The number of hydrogen-bond donors (Lipinski definition) is 2. The summed E-state index contributed by atoms with van der Waals surface area (Å²) in [7, 11) is 0. The van der Waals surface area contributed by atoms with Gasteiger partial charge in [0.2, 0.25) is 5.91 Å². The second-order valence-corrected chi connectivity index (χ2v) is 6.64. The number of nitrogens with zero attached hydrogens (tertiary/aromatic N) is 1. The van der Waals surface area contributed by atoms with Crippen molar-refractivity contribution in [3.8, 4) is 11.1 Å². The zero-order valence-electron chi connectivity index (χ0n) is 15.6. The minimum Gasteiger partial charge on any atom is -0.361 e. The lowest BCUT2D eigenvalue weighted by Crippen LogP contribution is -2.08. The number of carbonyl (C=O) groups is 1. The van der Waals surface area contributed by atoms with Crippen LogP contribution in [0.4, 0.5) is 18.9 Å². The number of aromatic nitrogens is 2. The average Bonchev–Trinajstić information content (AvgIpc) is 3.20. The van der Waals surface area contributed by atoms with Crippen LogP contribution < -0.4 is 5.32 Å². The molecular formula is C23H16F3N3O. The number of nitrogens with one attached hydrogen (secondary N) is 2. The molecule has 2 aromatic carbocycles. The molecule has 0 saturated carbocycles. The fourth-order valence-corrected chi connectivity index (χ4v) is 3.13. The Balaban J connectivity index is 1.61. The third kappa shape index (κ3) is 4.25. The van der Waals surface area contributed by atoms with Gasteiger partial charge in [0.15, 0.2) is 0 Å². The van der Waals surface area contributed by atoms with Gasteiger partial charge in [-0.2, -0.15) is 13.2 Å². The van der Waals surface area contributed by atoms with Crippen LogP contribution in [0, 0.1) is 0 Å². The average molecular weight is 407 g/mol. The van der Waals surface area contributed by atoms with Gasteiger partial charge in [0, 0.05) is 41.4 Å². The maximum Gasteiger partial charge on any atom is 0.416 e. The highest BCUT2D eigenvalue weighted by molar-refractivity contribution is 6.03. The lowest BCUT2D eigenvalue weighted by molar-refractivity contribution is -0.137. The van der Waals surface area contributed by atoms with Crippen LogP contribution in [0.5, 0.6) is 0 Å². The summed E-state index contributed by atoms with van der Waals surface area (Å²) in [6.07, 6.45) is 3.15. The van der Waals surface area contributed by atoms with Gasteiger partial charge in [-0.3, -0.25) is 9.78 Å². The Morgan fingerprint density at radius 1 is 1.07 bits per heavy atom. The highest BCUT2D eigenvalue weighted by atomic mass is 19.4. The van der Waals surface area contributed by atoms with E-state index in [4.69, 9.17) is 0 Å². The summed E-state index contributed by atoms with van der Waals surface area (Å²) in [5.41, 5.74) is 2.08. The molecular weight excluding hydrogens is 391 g/mol. The Hall–Kier alpha value is -3.87. The fraction of sp³-hybridized carbons (Fsp3) is 0.0435. The van der Waals surface area contributed by atoms with Gasteiger partial charge in [0.05, 0.1) is 5.56 Å². The Kier molecular flexibility index (Phi) is 5.10. The number of halogens is 3. The number of anilines is 1. The SMILES string of the molecule is O=C(/C=C/c1ccc(C(F)(F)F)cc1-c1cccnc1)Nc1ccc2cc[nH]c2c1. The van der Waals surface area contributed by atoms with Gasteiger partial charge in [-0.1, -0.05) is 18.2 Å². The van der Waals surface area contributed by atoms with Crippen LogP contribution in [-0.4, -0.2) is 15.9 Å². The summed E-state index contributed by atoms with van der Waals surface area (Å²) in [5.74, 6) is -0.391. The first-order valence-corrected chi connectivity index (χ1v) is 9.08. The lowest BCUT2D eigenvalue weighted by atomic mass is 9.97. The van der Waals surface area contributed by atoms with Crippen molar-refractivity contribution < 1.29 is 18.0 Å². The molecule has 150 valence electrons. The van der Waals surface area contributed by atoms with Crippen molar-refractivity contribution in [1.29, 1.82) is 0 Å². The number of benzene rings is 2. The highest BCUT2D eigenvalue weighted by Gasteiger charge is 2.31. The number of fused-ring (bicyclic) bond motifs is 1. The van der Waals surface area contributed by atoms with Crippen LogP contribution in [0.15, 0.2) is 79.3 Å². The Labute approximate surface area is 170 Å². The molecule has 2 heterocycles. The molecule has 2 N–H and O–H groups in total. The van der Waals surface area contributed by atoms with Crippen molar-refractivity contribution in [3.63, 3.8) is 0 Å². The van der Waals surface area contributed by atoms with E-state index in [1.54, 1.807) is 36.7 Å². The molecule has 4 rings (SSSR count). The van der Waals surface area contributed by atoms with E-state index in [1.165, 1.54) is 24.4 Å². The molecule has 0 unspecified atom stereocenters. The van der Waals surface area contributed by atoms with Crippen molar-refractivity contribution >= 4 is 28.6 Å². The van der Waals surface area contributed by atoms with Crippen molar-refractivity contribution in [2.45, 2.75) is 6.18 Å². The van der Waals surface area contributed by atoms with Gasteiger partial charge in [-0.05, 0) is 59.0 Å². The molecule has 0 spiro atoms. The molecule has 0 fully saturated rings. The van der Waals surface area contributed by atoms with E-state index >= 15 is 0 Å². The van der Waals surface area contributed by atoms with E-state index in [1.807, 2.05) is 12.1 Å². The van der Waals surface area contributed by atoms with Crippen LogP contribution in [0.25, 0.3) is 28.1 Å². The van der Waals surface area contributed by atoms with Crippen molar-refractivity contribution in [1.82, 2.24) is 9.97 Å². The topological polar surface area (TPSA) is 57.8 Å². The Morgan fingerprint density at radius 3 is 2.70 bits per heavy atom. The third-order valence-corrected chi connectivity index (χ3v) is 4.59. The summed E-state index contributed by atoms with van der Waals surface area (Å²) in [6, 6.07) is 14.1. The highest BCUT2D eigenvalue weighted by Crippen LogP contribution is 2.34. The molecule has 1 amide bonds. The van der Waals surface area contributed by atoms with Gasteiger partial charge in [0.25, 0.3) is 0 Å².